The smallest absolute Gasteiger partial charge is 0.325 e. The lowest BCUT2D eigenvalue weighted by Crippen LogP contribution is -2.43. The Morgan fingerprint density at radius 2 is 2.07 bits per heavy atom. The van der Waals surface area contributed by atoms with Gasteiger partial charge in [0, 0.05) is 0 Å². The van der Waals surface area contributed by atoms with Crippen LogP contribution in [0.5, 0.6) is 0 Å². The van der Waals surface area contributed by atoms with Crippen molar-refractivity contribution in [3.8, 4) is 0 Å². The van der Waals surface area contributed by atoms with Gasteiger partial charge in [0.15, 0.2) is 0 Å². The average Bonchev–Trinajstić information content (AvgIpc) is 3.37. The molecule has 1 saturated heterocycles. The zero-order valence-electron chi connectivity index (χ0n) is 15.1. The molecule has 140 valence electrons. The number of hydrogen-bond acceptors (Lipinski definition) is 4. The monoisotopic (exact) mass is 367 g/mol. The molecule has 4 amide bonds. The van der Waals surface area contributed by atoms with Crippen LogP contribution in [0.3, 0.4) is 0 Å². The predicted molar refractivity (Wildman–Crippen MR) is 96.6 cm³/mol. The average molecular weight is 367 g/mol. The summed E-state index contributed by atoms with van der Waals surface area (Å²) in [5, 5.41) is 5.40. The third kappa shape index (κ3) is 3.09. The third-order valence-electron chi connectivity index (χ3n) is 5.29. The van der Waals surface area contributed by atoms with E-state index in [9.17, 15) is 14.4 Å². The van der Waals surface area contributed by atoms with Crippen molar-refractivity contribution in [2.75, 3.05) is 6.54 Å². The number of nitrogens with one attached hydrogen (secondary N) is 2. The largest absolute Gasteiger partial charge is 0.467 e. The first-order valence-electron chi connectivity index (χ1n) is 9.03. The molecule has 4 rings (SSSR count). The van der Waals surface area contributed by atoms with E-state index in [0.717, 1.165) is 29.7 Å². The van der Waals surface area contributed by atoms with Crippen molar-refractivity contribution in [2.24, 2.45) is 0 Å². The van der Waals surface area contributed by atoms with E-state index in [2.05, 4.69) is 10.6 Å². The zero-order chi connectivity index (χ0) is 19.0. The van der Waals surface area contributed by atoms with Crippen LogP contribution in [0.1, 0.15) is 35.8 Å². The molecule has 0 spiro atoms. The van der Waals surface area contributed by atoms with Crippen molar-refractivity contribution in [2.45, 2.75) is 38.3 Å². The lowest BCUT2D eigenvalue weighted by atomic mass is 9.89. The zero-order valence-corrected chi connectivity index (χ0v) is 15.1. The molecule has 2 heterocycles. The van der Waals surface area contributed by atoms with Gasteiger partial charge in [0.1, 0.15) is 17.8 Å². The third-order valence-corrected chi connectivity index (χ3v) is 5.29. The minimum Gasteiger partial charge on any atom is -0.467 e. The second kappa shape index (κ2) is 6.57. The van der Waals surface area contributed by atoms with E-state index >= 15 is 0 Å². The van der Waals surface area contributed by atoms with E-state index in [1.165, 1.54) is 17.4 Å². The van der Waals surface area contributed by atoms with Crippen LogP contribution in [0.4, 0.5) is 4.79 Å². The Hall–Kier alpha value is -3.09. The summed E-state index contributed by atoms with van der Waals surface area (Å²) in [5.41, 5.74) is 2.12. The molecule has 1 atom stereocenters. The highest BCUT2D eigenvalue weighted by molar-refractivity contribution is 6.09. The molecular weight excluding hydrogens is 346 g/mol. The second-order valence-electron chi connectivity index (χ2n) is 7.14. The van der Waals surface area contributed by atoms with Gasteiger partial charge in [-0.1, -0.05) is 18.2 Å². The Bertz CT molecular complexity index is 906. The highest BCUT2D eigenvalue weighted by Crippen LogP contribution is 2.32. The highest BCUT2D eigenvalue weighted by Gasteiger charge is 2.49. The molecule has 7 nitrogen and oxygen atoms in total. The molecule has 0 radical (unpaired) electrons. The van der Waals surface area contributed by atoms with Crippen molar-refractivity contribution in [1.82, 2.24) is 15.5 Å². The van der Waals surface area contributed by atoms with Gasteiger partial charge >= 0.3 is 6.03 Å². The molecule has 2 N–H and O–H groups in total. The van der Waals surface area contributed by atoms with Gasteiger partial charge in [-0.3, -0.25) is 14.5 Å². The quantitative estimate of drug-likeness (QED) is 0.789. The van der Waals surface area contributed by atoms with Crippen LogP contribution < -0.4 is 10.6 Å². The minimum absolute atomic E-state index is 0.206. The van der Waals surface area contributed by atoms with Crippen LogP contribution in [0.25, 0.3) is 0 Å². The fourth-order valence-electron chi connectivity index (χ4n) is 3.72. The van der Waals surface area contributed by atoms with E-state index in [1.807, 2.05) is 18.2 Å². The summed E-state index contributed by atoms with van der Waals surface area (Å²) in [6.45, 7) is 1.56. The van der Waals surface area contributed by atoms with Crippen molar-refractivity contribution in [1.29, 1.82) is 0 Å². The van der Waals surface area contributed by atoms with Gasteiger partial charge in [0.2, 0.25) is 5.91 Å². The Balaban J connectivity index is 1.47. The molecule has 1 aliphatic carbocycles. The molecular formula is C20H21N3O4. The maximum Gasteiger partial charge on any atom is 0.325 e. The summed E-state index contributed by atoms with van der Waals surface area (Å²) in [7, 11) is 0. The van der Waals surface area contributed by atoms with Crippen molar-refractivity contribution in [3.05, 3.63) is 59.0 Å². The second-order valence-corrected chi connectivity index (χ2v) is 7.14. The molecule has 1 fully saturated rings. The number of amides is 4. The van der Waals surface area contributed by atoms with E-state index < -0.39 is 23.4 Å². The normalized spacial score (nSPS) is 21.3. The van der Waals surface area contributed by atoms with Crippen LogP contribution >= 0.6 is 0 Å². The fourth-order valence-corrected chi connectivity index (χ4v) is 3.72. The van der Waals surface area contributed by atoms with Crippen LogP contribution in [0.2, 0.25) is 0 Å². The maximum atomic E-state index is 13.0. The molecule has 27 heavy (non-hydrogen) atoms. The summed E-state index contributed by atoms with van der Waals surface area (Å²) < 4.78 is 5.15. The van der Waals surface area contributed by atoms with Crippen LogP contribution in [-0.4, -0.2) is 29.3 Å². The molecule has 1 aromatic carbocycles. The van der Waals surface area contributed by atoms with Gasteiger partial charge < -0.3 is 15.1 Å². The number of urea groups is 1. The Labute approximate surface area is 156 Å². The molecule has 1 aromatic heterocycles. The number of aryl methyl sites for hydroxylation is 2. The number of fused-ring (bicyclic) bond motifs is 1. The standard InChI is InChI=1S/C20H21N3O4/c1-20(15-8-7-13-4-2-5-14(13)10-15)18(25)23(19(26)22-20)12-17(24)21-11-16-6-3-9-27-16/h3,6-10H,2,4-5,11-12H2,1H3,(H,21,24)(H,22,26). The first-order valence-corrected chi connectivity index (χ1v) is 9.03. The van der Waals surface area contributed by atoms with E-state index in [0.29, 0.717) is 5.76 Å². The van der Waals surface area contributed by atoms with E-state index in [1.54, 1.807) is 19.1 Å². The Kier molecular flexibility index (Phi) is 4.22. The first kappa shape index (κ1) is 17.3. The summed E-state index contributed by atoms with van der Waals surface area (Å²) in [6, 6.07) is 8.82. The molecule has 1 unspecified atom stereocenters. The van der Waals surface area contributed by atoms with Gasteiger partial charge in [-0.05, 0) is 55.0 Å². The number of furan rings is 1. The molecule has 0 saturated carbocycles. The minimum atomic E-state index is -1.16. The van der Waals surface area contributed by atoms with E-state index in [4.69, 9.17) is 4.42 Å². The van der Waals surface area contributed by atoms with Crippen LogP contribution in [0.15, 0.2) is 41.0 Å². The van der Waals surface area contributed by atoms with Crippen LogP contribution in [-0.2, 0) is 34.5 Å². The summed E-state index contributed by atoms with van der Waals surface area (Å²) in [5.74, 6) is -0.241. The molecule has 0 bridgehead atoms. The van der Waals surface area contributed by atoms with Gasteiger partial charge in [-0.25, -0.2) is 4.79 Å². The van der Waals surface area contributed by atoms with Gasteiger partial charge in [0.25, 0.3) is 5.91 Å². The Morgan fingerprint density at radius 1 is 1.26 bits per heavy atom. The SMILES string of the molecule is CC1(c2ccc3c(c2)CCC3)NC(=O)N(CC(=O)NCc2ccco2)C1=O. The number of carbonyl (C=O) groups excluding carboxylic acids is 3. The van der Waals surface area contributed by atoms with Crippen LogP contribution in [0, 0.1) is 0 Å². The molecule has 1 aliphatic heterocycles. The number of imide groups is 1. The lowest BCUT2D eigenvalue weighted by molar-refractivity contribution is -0.134. The number of rotatable bonds is 5. The molecule has 7 heteroatoms. The summed E-state index contributed by atoms with van der Waals surface area (Å²) >= 11 is 0. The van der Waals surface area contributed by atoms with Crippen molar-refractivity contribution >= 4 is 17.8 Å². The molecule has 2 aromatic rings. The summed E-state index contributed by atoms with van der Waals surface area (Å²) in [4.78, 5) is 38.4. The lowest BCUT2D eigenvalue weighted by Gasteiger charge is -2.23. The highest BCUT2D eigenvalue weighted by atomic mass is 16.3. The van der Waals surface area contributed by atoms with Gasteiger partial charge in [-0.15, -0.1) is 0 Å². The Morgan fingerprint density at radius 3 is 2.85 bits per heavy atom. The van der Waals surface area contributed by atoms with Crippen molar-refractivity contribution in [3.63, 3.8) is 0 Å². The molecule has 2 aliphatic rings. The number of hydrogen-bond donors (Lipinski definition) is 2. The number of carbonyl (C=O) groups is 3. The fraction of sp³-hybridized carbons (Fsp3) is 0.350. The number of nitrogens with zero attached hydrogens (tertiary/aromatic N) is 1. The maximum absolute atomic E-state index is 13.0. The van der Waals surface area contributed by atoms with E-state index in [-0.39, 0.29) is 13.1 Å². The van der Waals surface area contributed by atoms with Gasteiger partial charge in [0.05, 0.1) is 12.8 Å². The predicted octanol–water partition coefficient (Wildman–Crippen LogP) is 1.85. The topological polar surface area (TPSA) is 91.7 Å². The van der Waals surface area contributed by atoms with Gasteiger partial charge in [-0.2, -0.15) is 0 Å². The first-order chi connectivity index (χ1) is 13.0. The van der Waals surface area contributed by atoms with Crippen molar-refractivity contribution < 1.29 is 18.8 Å². The number of benzene rings is 1. The summed E-state index contributed by atoms with van der Waals surface area (Å²) in [6.07, 6.45) is 4.66.